The van der Waals surface area contributed by atoms with Crippen LogP contribution in [0.1, 0.15) is 27.4 Å². The third-order valence-corrected chi connectivity index (χ3v) is 3.27. The summed E-state index contributed by atoms with van der Waals surface area (Å²) in [5, 5.41) is 12.4. The number of nitrogens with one attached hydrogen (secondary N) is 3. The molecule has 0 fully saturated rings. The normalized spacial score (nSPS) is 10.3. The fourth-order valence-corrected chi connectivity index (χ4v) is 1.96. The van der Waals surface area contributed by atoms with E-state index in [1.807, 2.05) is 13.8 Å². The molecule has 0 saturated carbocycles. The highest BCUT2D eigenvalue weighted by Crippen LogP contribution is 2.17. The van der Waals surface area contributed by atoms with Crippen LogP contribution in [-0.2, 0) is 6.54 Å². The number of H-pyrrole nitrogens is 1. The molecule has 0 aliphatic heterocycles. The van der Waals surface area contributed by atoms with E-state index >= 15 is 0 Å². The maximum atomic E-state index is 12.3. The van der Waals surface area contributed by atoms with Crippen LogP contribution in [0, 0.1) is 13.8 Å². The molecule has 122 valence electrons. The fraction of sp³-hybridized carbons (Fsp3) is 0.333. The second kappa shape index (κ2) is 6.91. The van der Waals surface area contributed by atoms with E-state index in [1.165, 1.54) is 4.90 Å². The van der Waals surface area contributed by atoms with Gasteiger partial charge in [-0.25, -0.2) is 4.79 Å². The number of urea groups is 1. The maximum Gasteiger partial charge on any atom is 0.317 e. The van der Waals surface area contributed by atoms with Crippen LogP contribution < -0.4 is 10.6 Å². The van der Waals surface area contributed by atoms with Gasteiger partial charge in [0.1, 0.15) is 0 Å². The van der Waals surface area contributed by atoms with Gasteiger partial charge in [-0.15, -0.1) is 0 Å². The molecule has 23 heavy (non-hydrogen) atoms. The second-order valence-electron chi connectivity index (χ2n) is 5.35. The summed E-state index contributed by atoms with van der Waals surface area (Å²) >= 11 is 0. The molecule has 2 aromatic rings. The smallest absolute Gasteiger partial charge is 0.317 e. The fourth-order valence-electron chi connectivity index (χ4n) is 1.96. The van der Waals surface area contributed by atoms with E-state index in [0.717, 1.165) is 11.4 Å². The molecule has 2 heterocycles. The Kier molecular flexibility index (Phi) is 4.95. The van der Waals surface area contributed by atoms with Gasteiger partial charge >= 0.3 is 6.03 Å². The minimum Gasteiger partial charge on any atom is -0.332 e. The average Bonchev–Trinajstić information content (AvgIpc) is 2.84. The molecule has 0 bridgehead atoms. The molecule has 3 N–H and O–H groups in total. The molecule has 0 radical (unpaired) electrons. The predicted molar refractivity (Wildman–Crippen MR) is 86.2 cm³/mol. The zero-order valence-electron chi connectivity index (χ0n) is 13.6. The van der Waals surface area contributed by atoms with Gasteiger partial charge in [0.2, 0.25) is 0 Å². The van der Waals surface area contributed by atoms with Crippen molar-refractivity contribution in [3.8, 4) is 0 Å². The molecule has 8 heteroatoms. The summed E-state index contributed by atoms with van der Waals surface area (Å²) in [4.78, 5) is 29.4. The van der Waals surface area contributed by atoms with Crippen LogP contribution in [0.5, 0.6) is 0 Å². The van der Waals surface area contributed by atoms with E-state index in [1.54, 1.807) is 32.4 Å². The van der Waals surface area contributed by atoms with Crippen molar-refractivity contribution in [3.05, 3.63) is 41.0 Å². The molecule has 8 nitrogen and oxygen atoms in total. The van der Waals surface area contributed by atoms with Gasteiger partial charge in [-0.2, -0.15) is 5.10 Å². The van der Waals surface area contributed by atoms with Gasteiger partial charge in [0.05, 0.1) is 29.3 Å². The van der Waals surface area contributed by atoms with Crippen LogP contribution in [0.4, 0.5) is 10.5 Å². The Morgan fingerprint density at radius 3 is 2.65 bits per heavy atom. The molecule has 3 amide bonds. The van der Waals surface area contributed by atoms with E-state index in [2.05, 4.69) is 25.8 Å². The monoisotopic (exact) mass is 316 g/mol. The third-order valence-electron chi connectivity index (χ3n) is 3.27. The Morgan fingerprint density at radius 2 is 2.04 bits per heavy atom. The lowest BCUT2D eigenvalue weighted by molar-refractivity contribution is 0.102. The van der Waals surface area contributed by atoms with Crippen molar-refractivity contribution >= 4 is 17.6 Å². The van der Waals surface area contributed by atoms with Gasteiger partial charge in [0, 0.05) is 25.9 Å². The van der Waals surface area contributed by atoms with Crippen LogP contribution in [0.15, 0.2) is 18.3 Å². The zero-order valence-corrected chi connectivity index (χ0v) is 13.6. The first-order valence-corrected chi connectivity index (χ1v) is 7.11. The van der Waals surface area contributed by atoms with E-state index in [-0.39, 0.29) is 18.5 Å². The van der Waals surface area contributed by atoms with Crippen molar-refractivity contribution in [2.75, 3.05) is 19.4 Å². The number of carbonyl (C=O) groups is 2. The molecule has 2 aromatic heterocycles. The lowest BCUT2D eigenvalue weighted by Gasteiger charge is -2.12. The summed E-state index contributed by atoms with van der Waals surface area (Å²) in [6.45, 7) is 3.90. The molecule has 0 aliphatic rings. The Labute approximate surface area is 134 Å². The average molecular weight is 316 g/mol. The van der Waals surface area contributed by atoms with Crippen LogP contribution in [-0.4, -0.2) is 46.1 Å². The Hall–Kier alpha value is -2.90. The van der Waals surface area contributed by atoms with Gasteiger partial charge in [-0.3, -0.25) is 14.9 Å². The summed E-state index contributed by atoms with van der Waals surface area (Å²) in [6, 6.07) is 3.05. The van der Waals surface area contributed by atoms with Crippen molar-refractivity contribution in [1.29, 1.82) is 0 Å². The molecule has 0 aromatic carbocycles. The summed E-state index contributed by atoms with van der Waals surface area (Å²) in [5.74, 6) is -0.250. The SMILES string of the molecule is Cc1n[nH]c(C)c1NC(=O)c1ccnc(CNC(=O)N(C)C)c1. The number of anilines is 1. The number of aromatic nitrogens is 3. The van der Waals surface area contributed by atoms with Gasteiger partial charge < -0.3 is 15.5 Å². The molecule has 0 aliphatic carbocycles. The summed E-state index contributed by atoms with van der Waals surface area (Å²) < 4.78 is 0. The summed E-state index contributed by atoms with van der Waals surface area (Å²) in [7, 11) is 3.31. The minimum absolute atomic E-state index is 0.216. The first-order chi connectivity index (χ1) is 10.9. The van der Waals surface area contributed by atoms with Crippen LogP contribution >= 0.6 is 0 Å². The van der Waals surface area contributed by atoms with Crippen molar-refractivity contribution in [1.82, 2.24) is 25.4 Å². The number of aromatic amines is 1. The first kappa shape index (κ1) is 16.5. The first-order valence-electron chi connectivity index (χ1n) is 7.11. The number of carbonyl (C=O) groups excluding carboxylic acids is 2. The lowest BCUT2D eigenvalue weighted by Crippen LogP contribution is -2.34. The number of rotatable bonds is 4. The number of amides is 3. The Balaban J connectivity index is 2.07. The van der Waals surface area contributed by atoms with Gasteiger partial charge in [0.25, 0.3) is 5.91 Å². The maximum absolute atomic E-state index is 12.3. The van der Waals surface area contributed by atoms with E-state index in [0.29, 0.717) is 16.9 Å². The molecule has 2 rings (SSSR count). The zero-order chi connectivity index (χ0) is 17.0. The molecular weight excluding hydrogens is 296 g/mol. The Morgan fingerprint density at radius 1 is 1.30 bits per heavy atom. The number of pyridine rings is 1. The van der Waals surface area contributed by atoms with E-state index in [9.17, 15) is 9.59 Å². The van der Waals surface area contributed by atoms with E-state index < -0.39 is 0 Å². The molecule has 0 spiro atoms. The highest BCUT2D eigenvalue weighted by Gasteiger charge is 2.13. The van der Waals surface area contributed by atoms with Crippen molar-refractivity contribution in [2.24, 2.45) is 0 Å². The molecule has 0 unspecified atom stereocenters. The molecular formula is C15H20N6O2. The van der Waals surface area contributed by atoms with Crippen LogP contribution in [0.2, 0.25) is 0 Å². The minimum atomic E-state index is -0.250. The number of nitrogens with zero attached hydrogens (tertiary/aromatic N) is 3. The highest BCUT2D eigenvalue weighted by atomic mass is 16.2. The van der Waals surface area contributed by atoms with Gasteiger partial charge in [0.15, 0.2) is 0 Å². The number of hydrogen-bond donors (Lipinski definition) is 3. The summed E-state index contributed by atoms with van der Waals surface area (Å²) in [6.07, 6.45) is 1.54. The number of aryl methyl sites for hydroxylation is 2. The molecule has 0 saturated heterocycles. The number of hydrogen-bond acceptors (Lipinski definition) is 4. The van der Waals surface area contributed by atoms with Crippen molar-refractivity contribution in [2.45, 2.75) is 20.4 Å². The van der Waals surface area contributed by atoms with Gasteiger partial charge in [-0.05, 0) is 26.0 Å². The molecule has 0 atom stereocenters. The second-order valence-corrected chi connectivity index (χ2v) is 5.35. The van der Waals surface area contributed by atoms with Crippen LogP contribution in [0.3, 0.4) is 0 Å². The highest BCUT2D eigenvalue weighted by molar-refractivity contribution is 6.04. The largest absolute Gasteiger partial charge is 0.332 e. The van der Waals surface area contributed by atoms with Crippen molar-refractivity contribution < 1.29 is 9.59 Å². The topological polar surface area (TPSA) is 103 Å². The predicted octanol–water partition coefficient (Wildman–Crippen LogP) is 1.45. The van der Waals surface area contributed by atoms with Gasteiger partial charge in [-0.1, -0.05) is 0 Å². The quantitative estimate of drug-likeness (QED) is 0.794. The third kappa shape index (κ3) is 4.06. The van der Waals surface area contributed by atoms with Crippen LogP contribution in [0.25, 0.3) is 0 Å². The lowest BCUT2D eigenvalue weighted by atomic mass is 10.2. The van der Waals surface area contributed by atoms with Crippen molar-refractivity contribution in [3.63, 3.8) is 0 Å². The Bertz CT molecular complexity index is 703. The summed E-state index contributed by atoms with van der Waals surface area (Å²) in [5.41, 5.74) is 3.27. The standard InChI is InChI=1S/C15H20N6O2/c1-9-13(10(2)20-19-9)18-14(22)11-5-6-16-12(7-11)8-17-15(23)21(3)4/h5-7H,8H2,1-4H3,(H,17,23)(H,18,22)(H,19,20). The van der Waals surface area contributed by atoms with E-state index in [4.69, 9.17) is 0 Å².